The molecule has 23 heavy (non-hydrogen) atoms. The van der Waals surface area contributed by atoms with Gasteiger partial charge in [-0.2, -0.15) is 0 Å². The van der Waals surface area contributed by atoms with Crippen LogP contribution in [0.2, 0.25) is 0 Å². The monoisotopic (exact) mass is 327 g/mol. The predicted molar refractivity (Wildman–Crippen MR) is 92.5 cm³/mol. The van der Waals surface area contributed by atoms with Crippen LogP contribution in [0.4, 0.5) is 0 Å². The molecule has 1 heterocycles. The molecule has 120 valence electrons. The third-order valence-electron chi connectivity index (χ3n) is 4.00. The van der Waals surface area contributed by atoms with Crippen molar-refractivity contribution < 1.29 is 4.79 Å². The van der Waals surface area contributed by atoms with Gasteiger partial charge in [0, 0.05) is 11.4 Å². The Morgan fingerprint density at radius 2 is 2.00 bits per heavy atom. The first kappa shape index (κ1) is 16.0. The Morgan fingerprint density at radius 1 is 1.26 bits per heavy atom. The predicted octanol–water partition coefficient (Wildman–Crippen LogP) is 3.38. The zero-order valence-electron chi connectivity index (χ0n) is 13.5. The Morgan fingerprint density at radius 3 is 2.78 bits per heavy atom. The van der Waals surface area contributed by atoms with Crippen LogP contribution in [-0.4, -0.2) is 21.6 Å². The van der Waals surface area contributed by atoms with Crippen LogP contribution in [0.1, 0.15) is 41.4 Å². The number of fused-ring (bicyclic) bond motifs is 1. The Labute approximate surface area is 141 Å². The fraction of sp³-hybridized carbons (Fsp3) is 0.389. The number of hydrogen-bond donors (Lipinski definition) is 1. The number of carbonyl (C=O) groups is 1. The average molecular weight is 327 g/mol. The van der Waals surface area contributed by atoms with Gasteiger partial charge in [-0.25, -0.2) is 9.97 Å². The van der Waals surface area contributed by atoms with Gasteiger partial charge in [-0.3, -0.25) is 4.79 Å². The highest BCUT2D eigenvalue weighted by molar-refractivity contribution is 7.99. The molecule has 0 spiro atoms. The molecule has 4 nitrogen and oxygen atoms in total. The van der Waals surface area contributed by atoms with Gasteiger partial charge in [0.2, 0.25) is 5.91 Å². The number of hydrogen-bond acceptors (Lipinski definition) is 4. The van der Waals surface area contributed by atoms with Crippen LogP contribution < -0.4 is 5.32 Å². The summed E-state index contributed by atoms with van der Waals surface area (Å²) in [5.74, 6) is 0.390. The molecule has 3 rings (SSSR count). The second kappa shape index (κ2) is 7.13. The molecule has 1 aliphatic rings. The first-order valence-electron chi connectivity index (χ1n) is 7.94. The van der Waals surface area contributed by atoms with E-state index in [1.165, 1.54) is 22.9 Å². The fourth-order valence-electron chi connectivity index (χ4n) is 3.03. The van der Waals surface area contributed by atoms with Crippen molar-refractivity contribution >= 4 is 17.7 Å². The third kappa shape index (κ3) is 4.10. The van der Waals surface area contributed by atoms with Gasteiger partial charge in [-0.05, 0) is 50.3 Å². The van der Waals surface area contributed by atoms with Gasteiger partial charge >= 0.3 is 0 Å². The van der Waals surface area contributed by atoms with E-state index in [0.29, 0.717) is 10.9 Å². The van der Waals surface area contributed by atoms with Crippen LogP contribution in [0, 0.1) is 13.8 Å². The van der Waals surface area contributed by atoms with Crippen LogP contribution in [0.3, 0.4) is 0 Å². The number of rotatable bonds is 4. The smallest absolute Gasteiger partial charge is 0.230 e. The molecule has 0 saturated carbocycles. The van der Waals surface area contributed by atoms with Crippen LogP contribution in [0.25, 0.3) is 0 Å². The summed E-state index contributed by atoms with van der Waals surface area (Å²) in [6.07, 6.45) is 3.23. The van der Waals surface area contributed by atoms with E-state index in [4.69, 9.17) is 0 Å². The van der Waals surface area contributed by atoms with E-state index in [9.17, 15) is 4.79 Å². The molecular weight excluding hydrogens is 306 g/mol. The number of nitrogens with one attached hydrogen (secondary N) is 1. The van der Waals surface area contributed by atoms with Gasteiger partial charge in [0.1, 0.15) is 0 Å². The molecule has 2 aromatic rings. The highest BCUT2D eigenvalue weighted by Crippen LogP contribution is 2.29. The molecule has 0 saturated heterocycles. The van der Waals surface area contributed by atoms with E-state index in [1.54, 1.807) is 0 Å². The van der Waals surface area contributed by atoms with Crippen LogP contribution >= 0.6 is 11.8 Å². The normalized spacial score (nSPS) is 16.7. The molecule has 0 aliphatic heterocycles. The lowest BCUT2D eigenvalue weighted by atomic mass is 9.88. The standard InChI is InChI=1S/C18H21N3OS/c1-12-10-13(2)20-18(19-12)23-11-17(22)21-16-9-5-7-14-6-3-4-8-15(14)16/h3-4,6,8,10,16H,5,7,9,11H2,1-2H3,(H,21,22). The summed E-state index contributed by atoms with van der Waals surface area (Å²) in [4.78, 5) is 21.0. The number of thioether (sulfide) groups is 1. The number of carbonyl (C=O) groups excluding carboxylic acids is 1. The summed E-state index contributed by atoms with van der Waals surface area (Å²) in [5.41, 5.74) is 4.48. The van der Waals surface area contributed by atoms with Gasteiger partial charge in [-0.15, -0.1) is 0 Å². The van der Waals surface area contributed by atoms with Crippen molar-refractivity contribution in [3.63, 3.8) is 0 Å². The number of benzene rings is 1. The third-order valence-corrected chi connectivity index (χ3v) is 4.85. The topological polar surface area (TPSA) is 54.9 Å². The Hall–Kier alpha value is -1.88. The number of nitrogens with zero attached hydrogens (tertiary/aromatic N) is 2. The molecule has 5 heteroatoms. The lowest BCUT2D eigenvalue weighted by Crippen LogP contribution is -2.32. The van der Waals surface area contributed by atoms with Crippen LogP contribution in [0.15, 0.2) is 35.5 Å². The van der Waals surface area contributed by atoms with Crippen LogP contribution in [0.5, 0.6) is 0 Å². The quantitative estimate of drug-likeness (QED) is 0.691. The number of aromatic nitrogens is 2. The molecule has 1 N–H and O–H groups in total. The summed E-state index contributed by atoms with van der Waals surface area (Å²) in [6.45, 7) is 3.88. The van der Waals surface area contributed by atoms with Gasteiger partial charge in [0.15, 0.2) is 5.16 Å². The maximum atomic E-state index is 12.3. The van der Waals surface area contributed by atoms with Crippen molar-refractivity contribution in [1.29, 1.82) is 0 Å². The van der Waals surface area contributed by atoms with E-state index in [1.807, 2.05) is 26.0 Å². The van der Waals surface area contributed by atoms with Crippen molar-refractivity contribution in [3.8, 4) is 0 Å². The zero-order valence-corrected chi connectivity index (χ0v) is 14.3. The van der Waals surface area contributed by atoms with E-state index >= 15 is 0 Å². The van der Waals surface area contributed by atoms with Crippen molar-refractivity contribution in [2.45, 2.75) is 44.3 Å². The Bertz CT molecular complexity index is 697. The average Bonchev–Trinajstić information content (AvgIpc) is 2.52. The first-order valence-corrected chi connectivity index (χ1v) is 8.92. The molecule has 0 radical (unpaired) electrons. The minimum absolute atomic E-state index is 0.0412. The molecule has 1 unspecified atom stereocenters. The summed E-state index contributed by atoms with van der Waals surface area (Å²) in [5, 5.41) is 3.83. The van der Waals surface area contributed by atoms with Gasteiger partial charge < -0.3 is 5.32 Å². The Kier molecular flexibility index (Phi) is 4.96. The summed E-state index contributed by atoms with van der Waals surface area (Å²) in [6, 6.07) is 10.5. The second-order valence-electron chi connectivity index (χ2n) is 5.93. The van der Waals surface area contributed by atoms with Crippen molar-refractivity contribution in [2.75, 3.05) is 5.75 Å². The lowest BCUT2D eigenvalue weighted by molar-refractivity contribution is -0.119. The van der Waals surface area contributed by atoms with Crippen LogP contribution in [-0.2, 0) is 11.2 Å². The summed E-state index contributed by atoms with van der Waals surface area (Å²) in [7, 11) is 0. The number of aryl methyl sites for hydroxylation is 3. The van der Waals surface area contributed by atoms with Gasteiger partial charge in [0.05, 0.1) is 11.8 Å². The highest BCUT2D eigenvalue weighted by atomic mass is 32.2. The first-order chi connectivity index (χ1) is 11.1. The van der Waals surface area contributed by atoms with Crippen molar-refractivity contribution in [2.24, 2.45) is 0 Å². The zero-order chi connectivity index (χ0) is 16.2. The molecule has 1 aromatic carbocycles. The second-order valence-corrected chi connectivity index (χ2v) is 6.88. The van der Waals surface area contributed by atoms with E-state index in [0.717, 1.165) is 30.7 Å². The van der Waals surface area contributed by atoms with Crippen molar-refractivity contribution in [3.05, 3.63) is 52.8 Å². The minimum Gasteiger partial charge on any atom is -0.349 e. The lowest BCUT2D eigenvalue weighted by Gasteiger charge is -2.26. The molecule has 1 amide bonds. The SMILES string of the molecule is Cc1cc(C)nc(SCC(=O)NC2CCCc3ccccc32)n1. The highest BCUT2D eigenvalue weighted by Gasteiger charge is 2.21. The van der Waals surface area contributed by atoms with Gasteiger partial charge in [-0.1, -0.05) is 36.0 Å². The van der Waals surface area contributed by atoms with E-state index in [2.05, 4.69) is 33.5 Å². The largest absolute Gasteiger partial charge is 0.349 e. The van der Waals surface area contributed by atoms with Gasteiger partial charge in [0.25, 0.3) is 0 Å². The maximum Gasteiger partial charge on any atom is 0.230 e. The molecular formula is C18H21N3OS. The van der Waals surface area contributed by atoms with E-state index in [-0.39, 0.29) is 11.9 Å². The minimum atomic E-state index is 0.0412. The van der Waals surface area contributed by atoms with E-state index < -0.39 is 0 Å². The summed E-state index contributed by atoms with van der Waals surface area (Å²) >= 11 is 1.39. The molecule has 1 aromatic heterocycles. The maximum absolute atomic E-state index is 12.3. The molecule has 0 bridgehead atoms. The fourth-order valence-corrected chi connectivity index (χ4v) is 3.79. The molecule has 1 atom stereocenters. The number of amides is 1. The summed E-state index contributed by atoms with van der Waals surface area (Å²) < 4.78 is 0. The molecule has 1 aliphatic carbocycles. The van der Waals surface area contributed by atoms with Crippen molar-refractivity contribution in [1.82, 2.24) is 15.3 Å². The molecule has 0 fully saturated rings. The Balaban J connectivity index is 1.60.